The molecular weight excluding hydrogens is 305 g/mol. The van der Waals surface area contributed by atoms with Crippen LogP contribution in [0, 0.1) is 4.77 Å². The number of H-pyrrole nitrogens is 1. The Morgan fingerprint density at radius 2 is 2.10 bits per heavy atom. The molecule has 0 aliphatic heterocycles. The lowest BCUT2D eigenvalue weighted by molar-refractivity contribution is -0.174. The van der Waals surface area contributed by atoms with E-state index in [1.165, 1.54) is 0 Å². The zero-order valence-corrected chi connectivity index (χ0v) is 12.2. The van der Waals surface area contributed by atoms with Crippen LogP contribution >= 0.6 is 12.2 Å². The second kappa shape index (κ2) is 6.48. The fourth-order valence-electron chi connectivity index (χ4n) is 2.00. The van der Waals surface area contributed by atoms with Crippen molar-refractivity contribution in [3.8, 4) is 5.75 Å². The van der Waals surface area contributed by atoms with Crippen molar-refractivity contribution in [2.24, 2.45) is 0 Å². The molecule has 1 aromatic carbocycles. The Morgan fingerprint density at radius 3 is 2.76 bits per heavy atom. The molecule has 0 fully saturated rings. The van der Waals surface area contributed by atoms with Gasteiger partial charge in [0.1, 0.15) is 17.9 Å². The summed E-state index contributed by atoms with van der Waals surface area (Å²) in [5, 5.41) is 0. The number of fused-ring (bicyclic) bond motifs is 1. The van der Waals surface area contributed by atoms with Gasteiger partial charge >= 0.3 is 6.18 Å². The smallest absolute Gasteiger partial charge is 0.411 e. The molecule has 0 aliphatic rings. The summed E-state index contributed by atoms with van der Waals surface area (Å²) < 4.78 is 48.3. The van der Waals surface area contributed by atoms with Crippen molar-refractivity contribution in [1.82, 2.24) is 9.55 Å². The SMILES string of the molecule is CCOc1cccc2c1[nH]c(=S)n2CCOCC(F)(F)F. The Morgan fingerprint density at radius 1 is 1.33 bits per heavy atom. The van der Waals surface area contributed by atoms with Crippen molar-refractivity contribution in [1.29, 1.82) is 0 Å². The highest BCUT2D eigenvalue weighted by molar-refractivity contribution is 7.71. The van der Waals surface area contributed by atoms with Gasteiger partial charge in [-0.25, -0.2) is 0 Å². The molecule has 0 radical (unpaired) electrons. The van der Waals surface area contributed by atoms with Crippen LogP contribution in [0.4, 0.5) is 13.2 Å². The van der Waals surface area contributed by atoms with Crippen LogP contribution in [0.3, 0.4) is 0 Å². The number of benzene rings is 1. The molecule has 0 atom stereocenters. The first-order valence-electron chi connectivity index (χ1n) is 6.41. The largest absolute Gasteiger partial charge is 0.492 e. The molecule has 1 aromatic heterocycles. The van der Waals surface area contributed by atoms with Crippen LogP contribution in [0.15, 0.2) is 18.2 Å². The Kier molecular flexibility index (Phi) is 4.89. The van der Waals surface area contributed by atoms with E-state index in [1.54, 1.807) is 4.57 Å². The van der Waals surface area contributed by atoms with Crippen LogP contribution in [0.1, 0.15) is 6.92 Å². The second-order valence-corrected chi connectivity index (χ2v) is 4.72. The van der Waals surface area contributed by atoms with Crippen molar-refractivity contribution in [2.75, 3.05) is 19.8 Å². The number of nitrogens with zero attached hydrogens (tertiary/aromatic N) is 1. The van der Waals surface area contributed by atoms with E-state index in [1.807, 2.05) is 25.1 Å². The van der Waals surface area contributed by atoms with Crippen molar-refractivity contribution < 1.29 is 22.6 Å². The number of nitrogens with one attached hydrogen (secondary N) is 1. The number of hydrogen-bond donors (Lipinski definition) is 1. The molecule has 8 heteroatoms. The van der Waals surface area contributed by atoms with Gasteiger partial charge in [0, 0.05) is 6.54 Å². The van der Waals surface area contributed by atoms with Gasteiger partial charge in [-0.1, -0.05) is 6.07 Å². The minimum atomic E-state index is -4.32. The molecular formula is C13H15F3N2O2S. The molecule has 0 aliphatic carbocycles. The summed E-state index contributed by atoms with van der Waals surface area (Å²) in [6.07, 6.45) is -4.32. The zero-order valence-electron chi connectivity index (χ0n) is 11.4. The van der Waals surface area contributed by atoms with E-state index in [0.717, 1.165) is 11.0 Å². The van der Waals surface area contributed by atoms with Crippen LogP contribution < -0.4 is 4.74 Å². The topological polar surface area (TPSA) is 39.2 Å². The lowest BCUT2D eigenvalue weighted by Crippen LogP contribution is -2.19. The normalized spacial score (nSPS) is 12.0. The number of aromatic amines is 1. The van der Waals surface area contributed by atoms with E-state index in [2.05, 4.69) is 9.72 Å². The Balaban J connectivity index is 2.15. The third kappa shape index (κ3) is 3.98. The quantitative estimate of drug-likeness (QED) is 0.652. The fraction of sp³-hybridized carbons (Fsp3) is 0.462. The molecule has 21 heavy (non-hydrogen) atoms. The van der Waals surface area contributed by atoms with E-state index < -0.39 is 12.8 Å². The molecule has 2 rings (SSSR count). The number of ether oxygens (including phenoxy) is 2. The van der Waals surface area contributed by atoms with Gasteiger partial charge < -0.3 is 19.0 Å². The number of alkyl halides is 3. The molecule has 0 unspecified atom stereocenters. The molecule has 0 spiro atoms. The number of halogens is 3. The standard InChI is InChI=1S/C13H15F3N2O2S/c1-2-20-10-5-3-4-9-11(10)17-12(21)18(9)6-7-19-8-13(14,15)16/h3-5H,2,6-8H2,1H3,(H,17,21). The van der Waals surface area contributed by atoms with E-state index in [-0.39, 0.29) is 13.2 Å². The van der Waals surface area contributed by atoms with E-state index >= 15 is 0 Å². The summed E-state index contributed by atoms with van der Waals surface area (Å²) in [5.41, 5.74) is 1.52. The van der Waals surface area contributed by atoms with Crippen LogP contribution in [-0.4, -0.2) is 35.5 Å². The van der Waals surface area contributed by atoms with E-state index in [4.69, 9.17) is 17.0 Å². The van der Waals surface area contributed by atoms with Gasteiger partial charge in [0.2, 0.25) is 0 Å². The highest BCUT2D eigenvalue weighted by atomic mass is 32.1. The Bertz CT molecular complexity index is 663. The van der Waals surface area contributed by atoms with E-state index in [9.17, 15) is 13.2 Å². The second-order valence-electron chi connectivity index (χ2n) is 4.33. The van der Waals surface area contributed by atoms with Gasteiger partial charge in [-0.2, -0.15) is 13.2 Å². The molecule has 4 nitrogen and oxygen atoms in total. The maximum atomic E-state index is 12.0. The minimum Gasteiger partial charge on any atom is -0.492 e. The van der Waals surface area contributed by atoms with Gasteiger partial charge in [0.05, 0.1) is 18.7 Å². The van der Waals surface area contributed by atoms with Gasteiger partial charge in [-0.15, -0.1) is 0 Å². The predicted octanol–water partition coefficient (Wildman–Crippen LogP) is 3.68. The zero-order chi connectivity index (χ0) is 15.5. The molecule has 0 bridgehead atoms. The molecule has 0 amide bonds. The predicted molar refractivity (Wildman–Crippen MR) is 75.2 cm³/mol. The number of aromatic nitrogens is 2. The van der Waals surface area contributed by atoms with Crippen LogP contribution in [0.25, 0.3) is 11.0 Å². The van der Waals surface area contributed by atoms with Crippen LogP contribution in [0.5, 0.6) is 5.75 Å². The summed E-state index contributed by atoms with van der Waals surface area (Å²) in [5.74, 6) is 0.663. The van der Waals surface area contributed by atoms with Crippen molar-refractivity contribution in [3.63, 3.8) is 0 Å². The highest BCUT2D eigenvalue weighted by Gasteiger charge is 2.27. The van der Waals surface area contributed by atoms with Crippen molar-refractivity contribution in [3.05, 3.63) is 23.0 Å². The van der Waals surface area contributed by atoms with Crippen LogP contribution in [-0.2, 0) is 11.3 Å². The third-order valence-electron chi connectivity index (χ3n) is 2.80. The van der Waals surface area contributed by atoms with Gasteiger partial charge in [-0.05, 0) is 31.3 Å². The lowest BCUT2D eigenvalue weighted by atomic mass is 10.3. The molecule has 0 saturated heterocycles. The maximum absolute atomic E-state index is 12.0. The lowest BCUT2D eigenvalue weighted by Gasteiger charge is -2.09. The third-order valence-corrected chi connectivity index (χ3v) is 3.12. The first kappa shape index (κ1) is 15.8. The summed E-state index contributed by atoms with van der Waals surface area (Å²) in [6, 6.07) is 5.44. The molecule has 1 heterocycles. The Labute approximate surface area is 124 Å². The highest BCUT2D eigenvalue weighted by Crippen LogP contribution is 2.25. The minimum absolute atomic E-state index is 0.0698. The summed E-state index contributed by atoms with van der Waals surface area (Å²) in [4.78, 5) is 3.01. The summed E-state index contributed by atoms with van der Waals surface area (Å²) >= 11 is 5.19. The Hall–Kier alpha value is -1.54. The average molecular weight is 320 g/mol. The average Bonchev–Trinajstić information content (AvgIpc) is 2.71. The number of hydrogen-bond acceptors (Lipinski definition) is 3. The summed E-state index contributed by atoms with van der Waals surface area (Å²) in [7, 11) is 0. The number of imidazole rings is 1. The maximum Gasteiger partial charge on any atom is 0.411 e. The molecule has 116 valence electrons. The van der Waals surface area contributed by atoms with Gasteiger partial charge in [0.25, 0.3) is 0 Å². The molecule has 2 aromatic rings. The van der Waals surface area contributed by atoms with Crippen LogP contribution in [0.2, 0.25) is 0 Å². The first-order valence-corrected chi connectivity index (χ1v) is 6.82. The first-order chi connectivity index (χ1) is 9.92. The van der Waals surface area contributed by atoms with E-state index in [0.29, 0.717) is 17.1 Å². The number of para-hydroxylation sites is 1. The monoisotopic (exact) mass is 320 g/mol. The molecule has 0 saturated carbocycles. The van der Waals surface area contributed by atoms with Crippen molar-refractivity contribution in [2.45, 2.75) is 19.6 Å². The summed E-state index contributed by atoms with van der Waals surface area (Å²) in [6.45, 7) is 1.30. The number of rotatable bonds is 6. The van der Waals surface area contributed by atoms with Gasteiger partial charge in [0.15, 0.2) is 4.77 Å². The van der Waals surface area contributed by atoms with Gasteiger partial charge in [-0.3, -0.25) is 0 Å². The fourth-order valence-corrected chi connectivity index (χ4v) is 2.29. The molecule has 1 N–H and O–H groups in total. The van der Waals surface area contributed by atoms with Crippen molar-refractivity contribution >= 4 is 23.3 Å².